The van der Waals surface area contributed by atoms with E-state index in [2.05, 4.69) is 17.4 Å². The molecule has 1 aliphatic carbocycles. The summed E-state index contributed by atoms with van der Waals surface area (Å²) in [6, 6.07) is 14.7. The molecule has 154 valence electrons. The minimum atomic E-state index is -0.243. The number of hydrogen-bond acceptors (Lipinski definition) is 3. The molecule has 0 spiro atoms. The SMILES string of the molecule is CCOc1ccc(C2(CNC(=O)C3CC3c3ccc(F)cc3)CCOCC2)cc1. The first kappa shape index (κ1) is 19.9. The first-order chi connectivity index (χ1) is 14.1. The molecule has 2 unspecified atom stereocenters. The van der Waals surface area contributed by atoms with Crippen LogP contribution in [0.4, 0.5) is 4.39 Å². The summed E-state index contributed by atoms with van der Waals surface area (Å²) in [5.74, 6) is 0.898. The Morgan fingerprint density at radius 1 is 1.14 bits per heavy atom. The molecule has 1 saturated carbocycles. The molecule has 1 saturated heterocycles. The highest BCUT2D eigenvalue weighted by atomic mass is 19.1. The van der Waals surface area contributed by atoms with E-state index in [-0.39, 0.29) is 29.0 Å². The van der Waals surface area contributed by atoms with Crippen LogP contribution in [0, 0.1) is 11.7 Å². The lowest BCUT2D eigenvalue weighted by Gasteiger charge is -2.38. The minimum absolute atomic E-state index is 0.0160. The van der Waals surface area contributed by atoms with Gasteiger partial charge in [-0.2, -0.15) is 0 Å². The van der Waals surface area contributed by atoms with Gasteiger partial charge in [0.1, 0.15) is 11.6 Å². The maximum Gasteiger partial charge on any atom is 0.223 e. The number of carbonyl (C=O) groups is 1. The molecule has 0 aromatic heterocycles. The lowest BCUT2D eigenvalue weighted by atomic mass is 9.74. The summed E-state index contributed by atoms with van der Waals surface area (Å²) in [7, 11) is 0. The summed E-state index contributed by atoms with van der Waals surface area (Å²) >= 11 is 0. The third-order valence-corrected chi connectivity index (χ3v) is 6.25. The molecule has 4 rings (SSSR count). The molecule has 5 heteroatoms. The summed E-state index contributed by atoms with van der Waals surface area (Å²) in [5.41, 5.74) is 2.15. The lowest BCUT2D eigenvalue weighted by Crippen LogP contribution is -2.45. The van der Waals surface area contributed by atoms with Crippen LogP contribution in [0.25, 0.3) is 0 Å². The normalized spacial score (nSPS) is 22.7. The van der Waals surface area contributed by atoms with Gasteiger partial charge in [-0.3, -0.25) is 4.79 Å². The average Bonchev–Trinajstić information content (AvgIpc) is 3.55. The number of amides is 1. The topological polar surface area (TPSA) is 47.6 Å². The molecule has 1 heterocycles. The first-order valence-electron chi connectivity index (χ1n) is 10.5. The third kappa shape index (κ3) is 4.45. The van der Waals surface area contributed by atoms with Crippen LogP contribution in [0.1, 0.15) is 43.2 Å². The van der Waals surface area contributed by atoms with Crippen LogP contribution in [0.5, 0.6) is 5.75 Å². The number of ether oxygens (including phenoxy) is 2. The van der Waals surface area contributed by atoms with Crippen LogP contribution in [0.3, 0.4) is 0 Å². The Labute approximate surface area is 171 Å². The molecular weight excluding hydrogens is 369 g/mol. The van der Waals surface area contributed by atoms with E-state index in [1.807, 2.05) is 19.1 Å². The van der Waals surface area contributed by atoms with Crippen molar-refractivity contribution in [2.75, 3.05) is 26.4 Å². The van der Waals surface area contributed by atoms with Gasteiger partial charge in [0.25, 0.3) is 0 Å². The fraction of sp³-hybridized carbons (Fsp3) is 0.458. The highest BCUT2D eigenvalue weighted by molar-refractivity contribution is 5.83. The molecule has 1 amide bonds. The summed E-state index contributed by atoms with van der Waals surface area (Å²) in [6.07, 6.45) is 2.59. The maximum absolute atomic E-state index is 13.1. The monoisotopic (exact) mass is 397 g/mol. The highest BCUT2D eigenvalue weighted by Crippen LogP contribution is 2.47. The summed E-state index contributed by atoms with van der Waals surface area (Å²) in [6.45, 7) is 4.62. The highest BCUT2D eigenvalue weighted by Gasteiger charge is 2.45. The van der Waals surface area contributed by atoms with E-state index in [0.717, 1.165) is 30.6 Å². The van der Waals surface area contributed by atoms with E-state index in [1.54, 1.807) is 12.1 Å². The molecule has 2 aromatic rings. The molecule has 1 N–H and O–H groups in total. The van der Waals surface area contributed by atoms with Gasteiger partial charge in [0.05, 0.1) is 6.61 Å². The van der Waals surface area contributed by atoms with Crippen molar-refractivity contribution in [3.05, 3.63) is 65.5 Å². The van der Waals surface area contributed by atoms with Gasteiger partial charge in [-0.1, -0.05) is 24.3 Å². The molecule has 29 heavy (non-hydrogen) atoms. The number of halogens is 1. The second-order valence-corrected chi connectivity index (χ2v) is 8.07. The van der Waals surface area contributed by atoms with Crippen molar-refractivity contribution in [2.45, 2.75) is 37.5 Å². The lowest BCUT2D eigenvalue weighted by molar-refractivity contribution is -0.122. The molecule has 0 bridgehead atoms. The molecular formula is C24H28FNO3. The molecule has 2 atom stereocenters. The zero-order valence-electron chi connectivity index (χ0n) is 16.8. The van der Waals surface area contributed by atoms with Crippen LogP contribution in [0.2, 0.25) is 0 Å². The van der Waals surface area contributed by atoms with Crippen molar-refractivity contribution >= 4 is 5.91 Å². The van der Waals surface area contributed by atoms with Crippen LogP contribution in [0.15, 0.2) is 48.5 Å². The van der Waals surface area contributed by atoms with Gasteiger partial charge in [0.2, 0.25) is 5.91 Å². The molecule has 1 aliphatic heterocycles. The van der Waals surface area contributed by atoms with Gasteiger partial charge >= 0.3 is 0 Å². The van der Waals surface area contributed by atoms with Crippen molar-refractivity contribution < 1.29 is 18.7 Å². The fourth-order valence-electron chi connectivity index (χ4n) is 4.35. The predicted octanol–water partition coefficient (Wildman–Crippen LogP) is 4.19. The molecule has 2 fully saturated rings. The Bertz CT molecular complexity index is 828. The van der Waals surface area contributed by atoms with E-state index in [1.165, 1.54) is 17.7 Å². The Kier molecular flexibility index (Phi) is 5.86. The number of benzene rings is 2. The number of hydrogen-bond donors (Lipinski definition) is 1. The zero-order valence-corrected chi connectivity index (χ0v) is 16.8. The van der Waals surface area contributed by atoms with Crippen molar-refractivity contribution in [3.63, 3.8) is 0 Å². The van der Waals surface area contributed by atoms with Gasteiger partial charge in [-0.05, 0) is 67.5 Å². The smallest absolute Gasteiger partial charge is 0.223 e. The summed E-state index contributed by atoms with van der Waals surface area (Å²) in [4.78, 5) is 12.8. The number of carbonyl (C=O) groups excluding carboxylic acids is 1. The Morgan fingerprint density at radius 2 is 1.83 bits per heavy atom. The van der Waals surface area contributed by atoms with Gasteiger partial charge in [0, 0.05) is 31.1 Å². The molecule has 2 aromatic carbocycles. The van der Waals surface area contributed by atoms with Crippen LogP contribution < -0.4 is 10.1 Å². The van der Waals surface area contributed by atoms with E-state index in [0.29, 0.717) is 26.4 Å². The molecule has 2 aliphatic rings. The summed E-state index contributed by atoms with van der Waals surface area (Å²) < 4.78 is 24.3. The first-order valence-corrected chi connectivity index (χ1v) is 10.5. The van der Waals surface area contributed by atoms with Crippen molar-refractivity contribution in [2.24, 2.45) is 5.92 Å². The van der Waals surface area contributed by atoms with E-state index in [9.17, 15) is 9.18 Å². The fourth-order valence-corrected chi connectivity index (χ4v) is 4.35. The Morgan fingerprint density at radius 3 is 2.48 bits per heavy atom. The number of rotatable bonds is 7. The largest absolute Gasteiger partial charge is 0.494 e. The average molecular weight is 397 g/mol. The standard InChI is InChI=1S/C24H28FNO3/c1-2-29-20-9-5-18(6-10-20)24(11-13-28-14-12-24)16-26-23(27)22-15-21(22)17-3-7-19(25)8-4-17/h3-10,21-22H,2,11-16H2,1H3,(H,26,27). The van der Waals surface area contributed by atoms with Gasteiger partial charge in [0.15, 0.2) is 0 Å². The van der Waals surface area contributed by atoms with Crippen LogP contribution in [-0.2, 0) is 14.9 Å². The van der Waals surface area contributed by atoms with Crippen molar-refractivity contribution in [3.8, 4) is 5.75 Å². The summed E-state index contributed by atoms with van der Waals surface area (Å²) in [5, 5.41) is 3.20. The van der Waals surface area contributed by atoms with Crippen LogP contribution in [-0.4, -0.2) is 32.3 Å². The number of nitrogens with one attached hydrogen (secondary N) is 1. The quantitative estimate of drug-likeness (QED) is 0.762. The predicted molar refractivity (Wildman–Crippen MR) is 110 cm³/mol. The van der Waals surface area contributed by atoms with Crippen LogP contribution >= 0.6 is 0 Å². The minimum Gasteiger partial charge on any atom is -0.494 e. The molecule has 0 radical (unpaired) electrons. The zero-order chi connectivity index (χ0) is 20.3. The van der Waals surface area contributed by atoms with Crippen molar-refractivity contribution in [1.29, 1.82) is 0 Å². The van der Waals surface area contributed by atoms with E-state index < -0.39 is 0 Å². The maximum atomic E-state index is 13.1. The Hall–Kier alpha value is -2.40. The van der Waals surface area contributed by atoms with Gasteiger partial charge < -0.3 is 14.8 Å². The van der Waals surface area contributed by atoms with E-state index in [4.69, 9.17) is 9.47 Å². The molecule has 4 nitrogen and oxygen atoms in total. The Balaban J connectivity index is 1.41. The third-order valence-electron chi connectivity index (χ3n) is 6.25. The van der Waals surface area contributed by atoms with Gasteiger partial charge in [-0.15, -0.1) is 0 Å². The van der Waals surface area contributed by atoms with Gasteiger partial charge in [-0.25, -0.2) is 4.39 Å². The second-order valence-electron chi connectivity index (χ2n) is 8.07. The van der Waals surface area contributed by atoms with Crippen molar-refractivity contribution in [1.82, 2.24) is 5.32 Å². The second kappa shape index (κ2) is 8.54. The van der Waals surface area contributed by atoms with E-state index >= 15 is 0 Å².